The van der Waals surface area contributed by atoms with Crippen LogP contribution in [0.5, 0.6) is 0 Å². The van der Waals surface area contributed by atoms with Crippen molar-refractivity contribution in [3.8, 4) is 0 Å². The summed E-state index contributed by atoms with van der Waals surface area (Å²) in [5.74, 6) is 6.18. The molecule has 16 heavy (non-hydrogen) atoms. The van der Waals surface area contributed by atoms with Crippen molar-refractivity contribution in [1.82, 2.24) is 15.6 Å². The molecule has 1 aliphatic heterocycles. The van der Waals surface area contributed by atoms with E-state index in [1.807, 2.05) is 0 Å². The summed E-state index contributed by atoms with van der Waals surface area (Å²) < 4.78 is 0. The van der Waals surface area contributed by atoms with Crippen LogP contribution >= 0.6 is 0 Å². The SMILES string of the molecule is CCCCN=C(NN)NC1CCN(C)CC1. The van der Waals surface area contributed by atoms with E-state index in [-0.39, 0.29) is 0 Å². The van der Waals surface area contributed by atoms with E-state index in [4.69, 9.17) is 5.84 Å². The molecular weight excluding hydrogens is 202 g/mol. The number of hydrogen-bond acceptors (Lipinski definition) is 3. The van der Waals surface area contributed by atoms with E-state index in [1.54, 1.807) is 0 Å². The van der Waals surface area contributed by atoms with Gasteiger partial charge in [-0.1, -0.05) is 13.3 Å². The number of hydrazine groups is 1. The summed E-state index contributed by atoms with van der Waals surface area (Å²) >= 11 is 0. The Morgan fingerprint density at radius 1 is 1.44 bits per heavy atom. The van der Waals surface area contributed by atoms with Gasteiger partial charge in [-0.3, -0.25) is 10.4 Å². The second kappa shape index (κ2) is 7.46. The van der Waals surface area contributed by atoms with E-state index in [9.17, 15) is 0 Å². The Bertz CT molecular complexity index is 208. The van der Waals surface area contributed by atoms with Crippen LogP contribution in [-0.2, 0) is 0 Å². The van der Waals surface area contributed by atoms with Crippen LogP contribution in [0, 0.1) is 0 Å². The summed E-state index contributed by atoms with van der Waals surface area (Å²) in [6.07, 6.45) is 4.59. The van der Waals surface area contributed by atoms with Gasteiger partial charge in [0.2, 0.25) is 5.96 Å². The largest absolute Gasteiger partial charge is 0.353 e. The van der Waals surface area contributed by atoms with Gasteiger partial charge in [0.1, 0.15) is 0 Å². The number of nitrogens with two attached hydrogens (primary N) is 1. The predicted molar refractivity (Wildman–Crippen MR) is 68.2 cm³/mol. The molecule has 1 aliphatic rings. The Morgan fingerprint density at radius 3 is 2.69 bits per heavy atom. The molecule has 5 heteroatoms. The fourth-order valence-electron chi connectivity index (χ4n) is 1.83. The van der Waals surface area contributed by atoms with Crippen molar-refractivity contribution >= 4 is 5.96 Å². The van der Waals surface area contributed by atoms with Crippen LogP contribution < -0.4 is 16.6 Å². The minimum atomic E-state index is 0.507. The van der Waals surface area contributed by atoms with E-state index < -0.39 is 0 Å². The number of nitrogens with zero attached hydrogens (tertiary/aromatic N) is 2. The Balaban J connectivity index is 2.29. The molecule has 0 saturated carbocycles. The summed E-state index contributed by atoms with van der Waals surface area (Å²) in [6, 6.07) is 0.507. The molecule has 0 amide bonds. The zero-order valence-corrected chi connectivity index (χ0v) is 10.5. The lowest BCUT2D eigenvalue weighted by Crippen LogP contribution is -2.50. The highest BCUT2D eigenvalue weighted by Crippen LogP contribution is 2.07. The van der Waals surface area contributed by atoms with Gasteiger partial charge in [-0.05, 0) is 39.4 Å². The summed E-state index contributed by atoms with van der Waals surface area (Å²) in [5.41, 5.74) is 2.64. The molecule has 0 radical (unpaired) electrons. The molecule has 0 spiro atoms. The van der Waals surface area contributed by atoms with E-state index in [0.717, 1.165) is 51.3 Å². The Hall–Kier alpha value is -0.810. The number of piperidine rings is 1. The second-order valence-electron chi connectivity index (χ2n) is 4.45. The zero-order chi connectivity index (χ0) is 11.8. The number of likely N-dealkylation sites (tertiary alicyclic amines) is 1. The number of nitrogens with one attached hydrogen (secondary N) is 2. The number of guanidine groups is 1. The van der Waals surface area contributed by atoms with Gasteiger partial charge < -0.3 is 10.2 Å². The topological polar surface area (TPSA) is 65.7 Å². The van der Waals surface area contributed by atoms with Crippen molar-refractivity contribution in [3.05, 3.63) is 0 Å². The Morgan fingerprint density at radius 2 is 2.12 bits per heavy atom. The Kier molecular flexibility index (Phi) is 6.18. The molecule has 1 rings (SSSR count). The predicted octanol–water partition coefficient (Wildman–Crippen LogP) is 0.290. The highest BCUT2D eigenvalue weighted by molar-refractivity contribution is 5.79. The third kappa shape index (κ3) is 4.81. The molecule has 1 saturated heterocycles. The minimum absolute atomic E-state index is 0.507. The average Bonchev–Trinajstić information content (AvgIpc) is 2.31. The van der Waals surface area contributed by atoms with E-state index >= 15 is 0 Å². The number of aliphatic imine (C=N–C) groups is 1. The molecule has 4 N–H and O–H groups in total. The lowest BCUT2D eigenvalue weighted by Gasteiger charge is -2.30. The normalized spacial score (nSPS) is 19.8. The van der Waals surface area contributed by atoms with Gasteiger partial charge in [0.05, 0.1) is 0 Å². The quantitative estimate of drug-likeness (QED) is 0.212. The maximum atomic E-state index is 5.45. The van der Waals surface area contributed by atoms with Crippen LogP contribution in [0.1, 0.15) is 32.6 Å². The maximum absolute atomic E-state index is 5.45. The second-order valence-corrected chi connectivity index (χ2v) is 4.45. The molecular formula is C11H25N5. The molecule has 0 unspecified atom stereocenters. The lowest BCUT2D eigenvalue weighted by atomic mass is 10.1. The summed E-state index contributed by atoms with van der Waals surface area (Å²) in [5, 5.41) is 3.37. The Labute approximate surface area is 98.4 Å². The molecule has 1 fully saturated rings. The van der Waals surface area contributed by atoms with Crippen LogP contribution in [0.3, 0.4) is 0 Å². The smallest absolute Gasteiger partial charge is 0.205 e. The van der Waals surface area contributed by atoms with Gasteiger partial charge >= 0.3 is 0 Å². The van der Waals surface area contributed by atoms with Crippen LogP contribution in [0.25, 0.3) is 0 Å². The first-order valence-corrected chi connectivity index (χ1v) is 6.22. The number of rotatable bonds is 4. The first kappa shape index (κ1) is 13.3. The van der Waals surface area contributed by atoms with Crippen LogP contribution in [0.4, 0.5) is 0 Å². The molecule has 0 aromatic heterocycles. The van der Waals surface area contributed by atoms with Gasteiger partial charge in [-0.15, -0.1) is 0 Å². The van der Waals surface area contributed by atoms with Crippen molar-refractivity contribution in [2.75, 3.05) is 26.7 Å². The van der Waals surface area contributed by atoms with Gasteiger partial charge in [0.25, 0.3) is 0 Å². The third-order valence-electron chi connectivity index (χ3n) is 2.98. The van der Waals surface area contributed by atoms with Crippen LogP contribution in [0.15, 0.2) is 4.99 Å². The first-order valence-electron chi connectivity index (χ1n) is 6.22. The highest BCUT2D eigenvalue weighted by atomic mass is 15.3. The third-order valence-corrected chi connectivity index (χ3v) is 2.98. The monoisotopic (exact) mass is 227 g/mol. The summed E-state index contributed by atoms with van der Waals surface area (Å²) in [7, 11) is 2.16. The van der Waals surface area contributed by atoms with E-state index in [2.05, 4.69) is 34.6 Å². The number of hydrogen-bond donors (Lipinski definition) is 3. The number of unbranched alkanes of at least 4 members (excludes halogenated alkanes) is 1. The molecule has 94 valence electrons. The van der Waals surface area contributed by atoms with Crippen molar-refractivity contribution in [1.29, 1.82) is 0 Å². The molecule has 1 heterocycles. The summed E-state index contributed by atoms with van der Waals surface area (Å²) in [4.78, 5) is 6.75. The van der Waals surface area contributed by atoms with Crippen molar-refractivity contribution in [2.45, 2.75) is 38.6 Å². The van der Waals surface area contributed by atoms with Gasteiger partial charge in [-0.2, -0.15) is 0 Å². The fourth-order valence-corrected chi connectivity index (χ4v) is 1.83. The standard InChI is InChI=1S/C11H25N5/c1-3-4-7-13-11(15-12)14-10-5-8-16(2)9-6-10/h10H,3-9,12H2,1-2H3,(H2,13,14,15). The maximum Gasteiger partial charge on any atom is 0.205 e. The molecule has 5 nitrogen and oxygen atoms in total. The fraction of sp³-hybridized carbons (Fsp3) is 0.909. The lowest BCUT2D eigenvalue weighted by molar-refractivity contribution is 0.246. The van der Waals surface area contributed by atoms with Crippen molar-refractivity contribution in [2.24, 2.45) is 10.8 Å². The minimum Gasteiger partial charge on any atom is -0.353 e. The molecule has 0 aromatic rings. The van der Waals surface area contributed by atoms with Crippen LogP contribution in [0.2, 0.25) is 0 Å². The van der Waals surface area contributed by atoms with E-state index in [1.165, 1.54) is 0 Å². The molecule has 0 atom stereocenters. The van der Waals surface area contributed by atoms with Crippen molar-refractivity contribution in [3.63, 3.8) is 0 Å². The average molecular weight is 227 g/mol. The zero-order valence-electron chi connectivity index (χ0n) is 10.5. The van der Waals surface area contributed by atoms with Crippen LogP contribution in [-0.4, -0.2) is 43.6 Å². The summed E-state index contributed by atoms with van der Waals surface area (Å²) in [6.45, 7) is 5.29. The molecule has 0 bridgehead atoms. The van der Waals surface area contributed by atoms with E-state index in [0.29, 0.717) is 6.04 Å². The van der Waals surface area contributed by atoms with Gasteiger partial charge in [0.15, 0.2) is 0 Å². The molecule has 0 aliphatic carbocycles. The molecule has 0 aromatic carbocycles. The van der Waals surface area contributed by atoms with Gasteiger partial charge in [0, 0.05) is 12.6 Å². The van der Waals surface area contributed by atoms with Crippen molar-refractivity contribution < 1.29 is 0 Å². The van der Waals surface area contributed by atoms with Gasteiger partial charge in [-0.25, -0.2) is 5.84 Å². The first-order chi connectivity index (χ1) is 7.76. The highest BCUT2D eigenvalue weighted by Gasteiger charge is 2.16.